The maximum Gasteiger partial charge on any atom is 0.228 e. The van der Waals surface area contributed by atoms with Crippen LogP contribution in [0.1, 0.15) is 11.7 Å². The molecule has 1 aliphatic heterocycles. The fourth-order valence-electron chi connectivity index (χ4n) is 3.02. The molecule has 0 radical (unpaired) electrons. The lowest BCUT2D eigenvalue weighted by Crippen LogP contribution is -2.52. The highest BCUT2D eigenvalue weighted by molar-refractivity contribution is 5.80. The molecule has 2 heterocycles. The summed E-state index contributed by atoms with van der Waals surface area (Å²) < 4.78 is 10.4. The van der Waals surface area contributed by atoms with E-state index in [0.717, 1.165) is 37.9 Å². The zero-order valence-corrected chi connectivity index (χ0v) is 15.6. The summed E-state index contributed by atoms with van der Waals surface area (Å²) >= 11 is 0. The van der Waals surface area contributed by atoms with E-state index in [4.69, 9.17) is 9.26 Å². The van der Waals surface area contributed by atoms with Gasteiger partial charge in [-0.3, -0.25) is 4.99 Å². The Balaban J connectivity index is 1.47. The zero-order chi connectivity index (χ0) is 18.4. The number of nitrogens with one attached hydrogen (secondary N) is 1. The van der Waals surface area contributed by atoms with E-state index in [2.05, 4.69) is 42.4 Å². The number of rotatable bonds is 5. The molecule has 1 aromatic heterocycles. The topological polar surface area (TPSA) is 79.0 Å². The third-order valence-electron chi connectivity index (χ3n) is 4.42. The molecule has 1 N–H and O–H groups in total. The summed E-state index contributed by atoms with van der Waals surface area (Å²) in [4.78, 5) is 13.3. The molecule has 3 rings (SSSR count). The Bertz CT molecular complexity index is 720. The van der Waals surface area contributed by atoms with Gasteiger partial charge in [-0.05, 0) is 31.2 Å². The molecule has 140 valence electrons. The molecule has 0 spiro atoms. The maximum absolute atomic E-state index is 5.22. The third-order valence-corrected chi connectivity index (χ3v) is 4.42. The summed E-state index contributed by atoms with van der Waals surface area (Å²) in [6.45, 7) is 6.29. The van der Waals surface area contributed by atoms with Crippen LogP contribution < -0.4 is 15.0 Å². The van der Waals surface area contributed by atoms with Crippen LogP contribution in [0.15, 0.2) is 33.8 Å². The molecule has 1 fully saturated rings. The first-order valence-corrected chi connectivity index (χ1v) is 8.83. The van der Waals surface area contributed by atoms with Crippen LogP contribution >= 0.6 is 0 Å². The highest BCUT2D eigenvalue weighted by atomic mass is 16.5. The zero-order valence-electron chi connectivity index (χ0n) is 15.6. The fourth-order valence-corrected chi connectivity index (χ4v) is 3.02. The Hall–Kier alpha value is -2.77. The molecule has 8 heteroatoms. The number of aliphatic imine (C=N–C) groups is 1. The Kier molecular flexibility index (Phi) is 5.93. The third kappa shape index (κ3) is 4.44. The van der Waals surface area contributed by atoms with Gasteiger partial charge in [-0.2, -0.15) is 4.98 Å². The predicted octanol–water partition coefficient (Wildman–Crippen LogP) is 1.33. The van der Waals surface area contributed by atoms with Gasteiger partial charge in [0, 0.05) is 51.9 Å². The molecule has 0 amide bonds. The standard InChI is InChI=1S/C18H26N6O2/c1-14-21-17(26-22-14)8-9-20-18(19-2)24-12-10-23(11-13-24)15-4-6-16(25-3)7-5-15/h4-7H,8-13H2,1-3H3,(H,19,20). The SMILES string of the molecule is CN=C(NCCc1nc(C)no1)N1CCN(c2ccc(OC)cc2)CC1. The first kappa shape index (κ1) is 18.0. The van der Waals surface area contributed by atoms with E-state index >= 15 is 0 Å². The van der Waals surface area contributed by atoms with Gasteiger partial charge in [0.1, 0.15) is 5.75 Å². The molecule has 0 atom stereocenters. The van der Waals surface area contributed by atoms with Crippen molar-refractivity contribution >= 4 is 11.6 Å². The average molecular weight is 358 g/mol. The minimum atomic E-state index is 0.648. The van der Waals surface area contributed by atoms with Crippen molar-refractivity contribution in [2.75, 3.05) is 51.8 Å². The van der Waals surface area contributed by atoms with E-state index in [-0.39, 0.29) is 0 Å². The summed E-state index contributed by atoms with van der Waals surface area (Å²) in [5.41, 5.74) is 1.22. The Morgan fingerprint density at radius 1 is 1.23 bits per heavy atom. The molecule has 26 heavy (non-hydrogen) atoms. The molecule has 1 aliphatic rings. The molecule has 0 bridgehead atoms. The molecule has 8 nitrogen and oxygen atoms in total. The minimum Gasteiger partial charge on any atom is -0.497 e. The number of aromatic nitrogens is 2. The van der Waals surface area contributed by atoms with Gasteiger partial charge in [0.15, 0.2) is 11.8 Å². The van der Waals surface area contributed by atoms with Gasteiger partial charge < -0.3 is 24.4 Å². The molecule has 1 saturated heterocycles. The highest BCUT2D eigenvalue weighted by Crippen LogP contribution is 2.20. The number of methoxy groups -OCH3 is 1. The lowest BCUT2D eigenvalue weighted by Gasteiger charge is -2.37. The molecule has 1 aromatic carbocycles. The summed E-state index contributed by atoms with van der Waals surface area (Å²) in [7, 11) is 3.50. The van der Waals surface area contributed by atoms with Gasteiger partial charge in [0.05, 0.1) is 7.11 Å². The second-order valence-electron chi connectivity index (χ2n) is 6.13. The van der Waals surface area contributed by atoms with Gasteiger partial charge in [0.2, 0.25) is 5.89 Å². The molecule has 0 saturated carbocycles. The first-order chi connectivity index (χ1) is 12.7. The summed E-state index contributed by atoms with van der Waals surface area (Å²) in [6.07, 6.45) is 0.686. The largest absolute Gasteiger partial charge is 0.497 e. The van der Waals surface area contributed by atoms with E-state index in [1.54, 1.807) is 7.11 Å². The number of guanidine groups is 1. The fraction of sp³-hybridized carbons (Fsp3) is 0.500. The van der Waals surface area contributed by atoms with Crippen LogP contribution in [0.25, 0.3) is 0 Å². The van der Waals surface area contributed by atoms with Crippen LogP contribution in [0.4, 0.5) is 5.69 Å². The number of piperazine rings is 1. The molecular weight excluding hydrogens is 332 g/mol. The van der Waals surface area contributed by atoms with E-state index in [1.807, 2.05) is 26.1 Å². The van der Waals surface area contributed by atoms with E-state index < -0.39 is 0 Å². The van der Waals surface area contributed by atoms with E-state index in [1.165, 1.54) is 5.69 Å². The van der Waals surface area contributed by atoms with E-state index in [9.17, 15) is 0 Å². The Labute approximate surface area is 153 Å². The number of nitrogens with zero attached hydrogens (tertiary/aromatic N) is 5. The van der Waals surface area contributed by atoms with Crippen LogP contribution in [-0.2, 0) is 6.42 Å². The molecule has 0 aliphatic carbocycles. The second-order valence-corrected chi connectivity index (χ2v) is 6.13. The summed E-state index contributed by atoms with van der Waals surface area (Å²) in [5.74, 6) is 3.11. The quantitative estimate of drug-likeness (QED) is 0.638. The van der Waals surface area contributed by atoms with Gasteiger partial charge in [-0.25, -0.2) is 0 Å². The predicted molar refractivity (Wildman–Crippen MR) is 101 cm³/mol. The van der Waals surface area contributed by atoms with Crippen molar-refractivity contribution in [2.45, 2.75) is 13.3 Å². The van der Waals surface area contributed by atoms with Crippen LogP contribution in [0, 0.1) is 6.92 Å². The monoisotopic (exact) mass is 358 g/mol. The number of ether oxygens (including phenoxy) is 1. The van der Waals surface area contributed by atoms with Crippen LogP contribution in [0.5, 0.6) is 5.75 Å². The Morgan fingerprint density at radius 2 is 1.96 bits per heavy atom. The molecule has 0 unspecified atom stereocenters. The molecule has 2 aromatic rings. The van der Waals surface area contributed by atoms with E-state index in [0.29, 0.717) is 24.7 Å². The normalized spacial score (nSPS) is 15.3. The van der Waals surface area contributed by atoms with Crippen molar-refractivity contribution in [3.05, 3.63) is 36.0 Å². The average Bonchev–Trinajstić information content (AvgIpc) is 3.11. The van der Waals surface area contributed by atoms with Crippen LogP contribution in [-0.4, -0.2) is 67.9 Å². The van der Waals surface area contributed by atoms with Crippen LogP contribution in [0.2, 0.25) is 0 Å². The van der Waals surface area contributed by atoms with Crippen molar-refractivity contribution in [3.63, 3.8) is 0 Å². The maximum atomic E-state index is 5.22. The van der Waals surface area contributed by atoms with Gasteiger partial charge in [0.25, 0.3) is 0 Å². The van der Waals surface area contributed by atoms with Gasteiger partial charge in [-0.15, -0.1) is 0 Å². The van der Waals surface area contributed by atoms with Crippen molar-refractivity contribution in [1.29, 1.82) is 0 Å². The first-order valence-electron chi connectivity index (χ1n) is 8.83. The van der Waals surface area contributed by atoms with Crippen molar-refractivity contribution in [2.24, 2.45) is 4.99 Å². The Morgan fingerprint density at radius 3 is 2.54 bits per heavy atom. The number of hydrogen-bond acceptors (Lipinski definition) is 6. The van der Waals surface area contributed by atoms with Gasteiger partial charge >= 0.3 is 0 Å². The summed E-state index contributed by atoms with van der Waals surface area (Å²) in [6, 6.07) is 8.21. The lowest BCUT2D eigenvalue weighted by molar-refractivity contribution is 0.363. The highest BCUT2D eigenvalue weighted by Gasteiger charge is 2.19. The molecular formula is C18H26N6O2. The minimum absolute atomic E-state index is 0.648. The number of benzene rings is 1. The number of anilines is 1. The van der Waals surface area contributed by atoms with Crippen LogP contribution in [0.3, 0.4) is 0 Å². The van der Waals surface area contributed by atoms with Crippen molar-refractivity contribution < 1.29 is 9.26 Å². The number of hydrogen-bond donors (Lipinski definition) is 1. The smallest absolute Gasteiger partial charge is 0.228 e. The summed E-state index contributed by atoms with van der Waals surface area (Å²) in [5, 5.41) is 7.18. The van der Waals surface area contributed by atoms with Gasteiger partial charge in [-0.1, -0.05) is 5.16 Å². The number of aryl methyl sites for hydroxylation is 1. The lowest BCUT2D eigenvalue weighted by atomic mass is 10.2. The second kappa shape index (κ2) is 8.55. The van der Waals surface area contributed by atoms with Crippen molar-refractivity contribution in [1.82, 2.24) is 20.4 Å². The van der Waals surface area contributed by atoms with Crippen molar-refractivity contribution in [3.8, 4) is 5.75 Å².